The van der Waals surface area contributed by atoms with Gasteiger partial charge in [0, 0.05) is 34.9 Å². The van der Waals surface area contributed by atoms with Crippen LogP contribution in [0.5, 0.6) is 5.75 Å². The Hall–Kier alpha value is -1.37. The van der Waals surface area contributed by atoms with Crippen LogP contribution in [-0.2, 0) is 15.5 Å². The minimum Gasteiger partial charge on any atom is -0.497 e. The molecule has 4 heterocycles. The summed E-state index contributed by atoms with van der Waals surface area (Å²) < 4.78 is 22.8. The molecule has 2 saturated heterocycles. The van der Waals surface area contributed by atoms with E-state index in [1.54, 1.807) is 7.11 Å². The van der Waals surface area contributed by atoms with Gasteiger partial charge in [0.05, 0.1) is 26.1 Å². The fourth-order valence-electron chi connectivity index (χ4n) is 6.73. The molecule has 29 heavy (non-hydrogen) atoms. The number of piperidine rings is 2. The van der Waals surface area contributed by atoms with Gasteiger partial charge in [-0.3, -0.25) is 4.48 Å². The quantitative estimate of drug-likeness (QED) is 0.508. The number of aromatic amines is 1. The molecule has 158 valence electrons. The third-order valence-electron chi connectivity index (χ3n) is 7.70. The molecule has 1 aliphatic carbocycles. The highest BCUT2D eigenvalue weighted by atomic mass is 31.2. The predicted molar refractivity (Wildman–Crippen MR) is 110 cm³/mol. The third-order valence-corrected chi connectivity index (χ3v) is 8.16. The van der Waals surface area contributed by atoms with Gasteiger partial charge in [-0.05, 0) is 43.0 Å². The number of rotatable bonds is 5. The van der Waals surface area contributed by atoms with Gasteiger partial charge in [0.15, 0.2) is 6.73 Å². The fourth-order valence-corrected chi connectivity index (χ4v) is 7.11. The monoisotopic (exact) mass is 421 g/mol. The van der Waals surface area contributed by atoms with Crippen LogP contribution >= 0.6 is 7.82 Å². The lowest BCUT2D eigenvalue weighted by Crippen LogP contribution is -2.69. The highest BCUT2D eigenvalue weighted by molar-refractivity contribution is 7.46. The summed E-state index contributed by atoms with van der Waals surface area (Å²) in [6.45, 7) is 4.16. The van der Waals surface area contributed by atoms with E-state index in [-0.39, 0.29) is 6.73 Å². The van der Waals surface area contributed by atoms with Crippen molar-refractivity contribution in [2.24, 2.45) is 11.8 Å². The van der Waals surface area contributed by atoms with Gasteiger partial charge >= 0.3 is 7.82 Å². The van der Waals surface area contributed by atoms with E-state index in [4.69, 9.17) is 9.26 Å². The first-order valence-corrected chi connectivity index (χ1v) is 12.1. The number of benzene rings is 1. The Kier molecular flexibility index (Phi) is 4.61. The molecular formula is C21H30N2O5P+. The van der Waals surface area contributed by atoms with E-state index in [9.17, 15) is 14.4 Å². The Balaban J connectivity index is 1.62. The van der Waals surface area contributed by atoms with E-state index in [1.807, 2.05) is 6.07 Å². The highest BCUT2D eigenvalue weighted by Crippen LogP contribution is 2.55. The van der Waals surface area contributed by atoms with Crippen LogP contribution in [0.2, 0.25) is 0 Å². The molecule has 1 aromatic carbocycles. The van der Waals surface area contributed by atoms with E-state index >= 15 is 0 Å². The van der Waals surface area contributed by atoms with Crippen molar-refractivity contribution < 1.29 is 28.1 Å². The summed E-state index contributed by atoms with van der Waals surface area (Å²) in [5.74, 6) is 2.36. The Morgan fingerprint density at radius 1 is 1.31 bits per heavy atom. The van der Waals surface area contributed by atoms with Gasteiger partial charge in [0.2, 0.25) is 0 Å². The summed E-state index contributed by atoms with van der Waals surface area (Å²) >= 11 is 0. The molecular weight excluding hydrogens is 391 g/mol. The lowest BCUT2D eigenvalue weighted by Gasteiger charge is -2.58. The van der Waals surface area contributed by atoms with Gasteiger partial charge < -0.3 is 19.5 Å². The lowest BCUT2D eigenvalue weighted by atomic mass is 9.64. The standard InChI is InChI=1S/C21H29N2O5P/c1-3-14-8-13-9-18-20-16(17-10-15(27-2)4-5-19(17)22-20)6-7-23(11-13,21(14)18)12-28-29(24,25)26/h4-5,10,13-14,18,21-22H,3,6-9,11-12H2,1-2H3,(H-,24,25,26)/p+1/t13-,14?,18-,21?,23-/m0/s1. The Labute approximate surface area is 170 Å². The number of hydrogen-bond donors (Lipinski definition) is 3. The maximum absolute atomic E-state index is 11.5. The normalized spacial score (nSPS) is 33.5. The molecule has 1 saturated carbocycles. The van der Waals surface area contributed by atoms with E-state index in [1.165, 1.54) is 23.1 Å². The van der Waals surface area contributed by atoms with Crippen LogP contribution < -0.4 is 4.74 Å². The number of nitrogens with one attached hydrogen (secondary N) is 1. The molecule has 3 aliphatic heterocycles. The van der Waals surface area contributed by atoms with Crippen LogP contribution in [0, 0.1) is 11.8 Å². The second-order valence-electron chi connectivity index (χ2n) is 9.16. The maximum Gasteiger partial charge on any atom is 0.474 e. The molecule has 0 spiro atoms. The van der Waals surface area contributed by atoms with Crippen molar-refractivity contribution in [1.82, 2.24) is 4.98 Å². The highest BCUT2D eigenvalue weighted by Gasteiger charge is 2.59. The van der Waals surface area contributed by atoms with Gasteiger partial charge in [0.1, 0.15) is 11.8 Å². The first-order valence-electron chi connectivity index (χ1n) is 10.6. The molecule has 2 aromatic rings. The molecule has 3 N–H and O–H groups in total. The van der Waals surface area contributed by atoms with Crippen LogP contribution in [0.3, 0.4) is 0 Å². The van der Waals surface area contributed by atoms with Crippen LogP contribution in [0.15, 0.2) is 18.2 Å². The average Bonchev–Trinajstić information content (AvgIpc) is 3.03. The average molecular weight is 421 g/mol. The first kappa shape index (κ1) is 19.6. The smallest absolute Gasteiger partial charge is 0.474 e. The molecule has 0 radical (unpaired) electrons. The molecule has 5 atom stereocenters. The summed E-state index contributed by atoms with van der Waals surface area (Å²) in [4.78, 5) is 22.5. The molecule has 0 amide bonds. The number of fused-ring (bicyclic) bond motifs is 4. The Morgan fingerprint density at radius 2 is 2.14 bits per heavy atom. The van der Waals surface area contributed by atoms with Crippen molar-refractivity contribution in [3.8, 4) is 5.75 Å². The summed E-state index contributed by atoms with van der Waals surface area (Å²) in [5, 5.41) is 1.21. The van der Waals surface area contributed by atoms with E-state index in [2.05, 4.69) is 24.0 Å². The molecule has 3 fully saturated rings. The van der Waals surface area contributed by atoms with E-state index < -0.39 is 7.82 Å². The second-order valence-corrected chi connectivity index (χ2v) is 10.4. The molecule has 1 aromatic heterocycles. The minimum absolute atomic E-state index is 0.101. The Bertz CT molecular complexity index is 985. The van der Waals surface area contributed by atoms with Gasteiger partial charge in [0.25, 0.3) is 0 Å². The number of H-pyrrole nitrogens is 1. The van der Waals surface area contributed by atoms with Crippen molar-refractivity contribution in [2.45, 2.75) is 44.6 Å². The fraction of sp³-hybridized carbons (Fsp3) is 0.619. The number of ether oxygens (including phenoxy) is 1. The molecule has 4 bridgehead atoms. The number of phosphoric acid groups is 1. The molecule has 4 aliphatic rings. The summed E-state index contributed by atoms with van der Waals surface area (Å²) in [6.07, 6.45) is 4.34. The number of nitrogens with zero attached hydrogens (tertiary/aromatic N) is 1. The largest absolute Gasteiger partial charge is 0.497 e. The zero-order valence-electron chi connectivity index (χ0n) is 17.0. The van der Waals surface area contributed by atoms with Crippen LogP contribution in [0.4, 0.5) is 0 Å². The zero-order valence-corrected chi connectivity index (χ0v) is 17.9. The van der Waals surface area contributed by atoms with Gasteiger partial charge in [-0.15, -0.1) is 0 Å². The zero-order chi connectivity index (χ0) is 20.4. The van der Waals surface area contributed by atoms with Gasteiger partial charge in [-0.1, -0.05) is 6.92 Å². The number of hydrogen-bond acceptors (Lipinski definition) is 3. The number of phosphoric ester groups is 1. The maximum atomic E-state index is 11.5. The van der Waals surface area contributed by atoms with Crippen LogP contribution in [0.1, 0.15) is 43.4 Å². The van der Waals surface area contributed by atoms with Crippen molar-refractivity contribution in [3.63, 3.8) is 0 Å². The van der Waals surface area contributed by atoms with Crippen molar-refractivity contribution >= 4 is 18.7 Å². The summed E-state index contributed by atoms with van der Waals surface area (Å²) in [5.41, 5.74) is 3.83. The SMILES string of the molecule is CCC1C[C@H]2C[C@H]3c4[nH]c5ccc(OC)cc5c4CC[N@@+](COP(=O)(O)O)(C2)C13. The Morgan fingerprint density at radius 3 is 2.86 bits per heavy atom. The van der Waals surface area contributed by atoms with Crippen LogP contribution in [-0.4, -0.2) is 52.2 Å². The second kappa shape index (κ2) is 6.82. The third kappa shape index (κ3) is 3.15. The van der Waals surface area contributed by atoms with Gasteiger partial charge in [-0.25, -0.2) is 9.09 Å². The molecule has 8 heteroatoms. The lowest BCUT2D eigenvalue weighted by molar-refractivity contribution is -0.982. The first-order chi connectivity index (χ1) is 13.8. The summed E-state index contributed by atoms with van der Waals surface area (Å²) in [7, 11) is -2.81. The number of quaternary nitrogens is 1. The topological polar surface area (TPSA) is 91.8 Å². The predicted octanol–water partition coefficient (Wildman–Crippen LogP) is 3.52. The van der Waals surface area contributed by atoms with Crippen molar-refractivity contribution in [2.75, 3.05) is 26.9 Å². The van der Waals surface area contributed by atoms with Crippen LogP contribution in [0.25, 0.3) is 10.9 Å². The molecule has 6 rings (SSSR count). The molecule has 7 nitrogen and oxygen atoms in total. The summed E-state index contributed by atoms with van der Waals surface area (Å²) in [6, 6.07) is 6.54. The van der Waals surface area contributed by atoms with E-state index in [0.717, 1.165) is 43.6 Å². The van der Waals surface area contributed by atoms with Crippen molar-refractivity contribution in [3.05, 3.63) is 29.5 Å². The number of aromatic nitrogens is 1. The van der Waals surface area contributed by atoms with Gasteiger partial charge in [-0.2, -0.15) is 0 Å². The van der Waals surface area contributed by atoms with Crippen molar-refractivity contribution in [1.29, 1.82) is 0 Å². The number of methoxy groups -OCH3 is 1. The minimum atomic E-state index is -4.50. The molecule has 2 unspecified atom stereocenters. The van der Waals surface area contributed by atoms with E-state index in [0.29, 0.717) is 28.3 Å².